The first kappa shape index (κ1) is 16.0. The Morgan fingerprint density at radius 1 is 0.640 bits per heavy atom. The van der Waals surface area contributed by atoms with Crippen molar-refractivity contribution in [2.75, 3.05) is 0 Å². The smallest absolute Gasteiger partial charge is 0.0415 e. The zero-order valence-corrected chi connectivity index (χ0v) is 15.3. The van der Waals surface area contributed by atoms with Crippen LogP contribution in [0.1, 0.15) is 17.1 Å². The molecule has 4 heteroatoms. The van der Waals surface area contributed by atoms with Crippen LogP contribution in [0, 0.1) is 0 Å². The maximum Gasteiger partial charge on any atom is 0.0415 e. The third-order valence-corrected chi connectivity index (χ3v) is 5.04. The predicted molar refractivity (Wildman–Crippen MR) is 110 cm³/mol. The zero-order valence-electron chi connectivity index (χ0n) is 14.1. The Kier molecular flexibility index (Phi) is 4.58. The van der Waals surface area contributed by atoms with Gasteiger partial charge >= 0.3 is 0 Å². The van der Waals surface area contributed by atoms with Crippen molar-refractivity contribution < 1.29 is 0 Å². The monoisotopic (exact) mass is 347 g/mol. The third-order valence-electron chi connectivity index (χ3n) is 4.54. The second-order valence-electron chi connectivity index (χ2n) is 6.17. The van der Waals surface area contributed by atoms with Crippen LogP contribution >= 0.6 is 9.24 Å². The minimum absolute atomic E-state index is 1.04. The van der Waals surface area contributed by atoms with Crippen molar-refractivity contribution in [1.29, 1.82) is 0 Å². The molecule has 3 aliphatic rings. The molecule has 3 aliphatic heterocycles. The highest BCUT2D eigenvalue weighted by Crippen LogP contribution is 2.12. The third kappa shape index (κ3) is 3.47. The average molecular weight is 347 g/mol. The molecule has 3 aromatic heterocycles. The van der Waals surface area contributed by atoms with E-state index in [9.17, 15) is 0 Å². The summed E-state index contributed by atoms with van der Waals surface area (Å²) in [6.45, 7) is 3.16. The molecule has 0 aliphatic carbocycles. The van der Waals surface area contributed by atoms with Gasteiger partial charge in [-0.25, -0.2) is 0 Å². The lowest BCUT2D eigenvalue weighted by Gasteiger charge is -1.97. The van der Waals surface area contributed by atoms with Gasteiger partial charge in [-0.3, -0.25) is 0 Å². The fourth-order valence-electron chi connectivity index (χ4n) is 3.20. The number of rotatable bonds is 0. The van der Waals surface area contributed by atoms with Crippen LogP contribution in [0.25, 0.3) is 18.2 Å². The van der Waals surface area contributed by atoms with Crippen LogP contribution < -0.4 is 5.44 Å². The molecule has 0 saturated carbocycles. The van der Waals surface area contributed by atoms with Crippen LogP contribution in [0.5, 0.6) is 0 Å². The van der Waals surface area contributed by atoms with E-state index in [2.05, 4.69) is 108 Å². The largest absolute Gasteiger partial charge is 0.344 e. The van der Waals surface area contributed by atoms with Gasteiger partial charge in [-0.15, -0.1) is 0 Å². The second-order valence-corrected chi connectivity index (χ2v) is 6.76. The molecule has 0 radical (unpaired) electrons. The van der Waals surface area contributed by atoms with Crippen LogP contribution in [-0.4, -0.2) is 13.7 Å². The highest BCUT2D eigenvalue weighted by Gasteiger charge is 2.04. The fraction of sp³-hybridized carbons (Fsp3) is 0.143. The van der Waals surface area contributed by atoms with Crippen molar-refractivity contribution >= 4 is 32.9 Å². The van der Waals surface area contributed by atoms with Gasteiger partial charge < -0.3 is 13.7 Å². The van der Waals surface area contributed by atoms with Gasteiger partial charge in [-0.05, 0) is 54.6 Å². The first-order chi connectivity index (χ1) is 12.3. The summed E-state index contributed by atoms with van der Waals surface area (Å²) in [6.07, 6.45) is 17.1. The summed E-state index contributed by atoms with van der Waals surface area (Å²) in [7, 11) is 2.72. The van der Waals surface area contributed by atoms with Gasteiger partial charge in [0.1, 0.15) is 0 Å². The van der Waals surface area contributed by atoms with Crippen LogP contribution in [0.15, 0.2) is 67.0 Å². The first-order valence-corrected chi connectivity index (χ1v) is 9.14. The summed E-state index contributed by atoms with van der Waals surface area (Å²) in [6, 6.07) is 12.6. The molecule has 0 aromatic carbocycles. The molecule has 6 heterocycles. The first-order valence-electron chi connectivity index (χ1n) is 8.56. The normalized spacial score (nSPS) is 14.4. The van der Waals surface area contributed by atoms with Crippen molar-refractivity contribution in [3.05, 3.63) is 84.1 Å². The average Bonchev–Trinajstić information content (AvgIpc) is 3.40. The van der Waals surface area contributed by atoms with E-state index in [-0.39, 0.29) is 0 Å². The summed E-state index contributed by atoms with van der Waals surface area (Å²) in [5.74, 6) is 0. The highest BCUT2D eigenvalue weighted by atomic mass is 31.0. The fourth-order valence-corrected chi connectivity index (χ4v) is 3.55. The summed E-state index contributed by atoms with van der Waals surface area (Å²) < 4.78 is 6.67. The molecular formula is C21H22N3P. The van der Waals surface area contributed by atoms with Crippen LogP contribution in [0.2, 0.25) is 0 Å². The maximum absolute atomic E-state index is 2.72. The SMILES string of the molecule is C1=Cc2cccn2C1.C1=Cc2cccn2C1.Pc1ccc2n1CC=C2. The minimum atomic E-state index is 1.04. The molecular weight excluding hydrogens is 325 g/mol. The van der Waals surface area contributed by atoms with E-state index in [1.807, 2.05) is 0 Å². The summed E-state index contributed by atoms with van der Waals surface area (Å²) in [5, 5.41) is 0. The molecule has 126 valence electrons. The van der Waals surface area contributed by atoms with Crippen LogP contribution in [0.3, 0.4) is 0 Å². The Bertz CT molecular complexity index is 899. The van der Waals surface area contributed by atoms with Gasteiger partial charge in [-0.1, -0.05) is 27.5 Å². The molecule has 0 saturated heterocycles. The van der Waals surface area contributed by atoms with Crippen molar-refractivity contribution in [2.45, 2.75) is 19.6 Å². The van der Waals surface area contributed by atoms with Gasteiger partial charge in [0, 0.05) is 54.5 Å². The Morgan fingerprint density at radius 2 is 1.20 bits per heavy atom. The molecule has 0 bridgehead atoms. The lowest BCUT2D eigenvalue weighted by Crippen LogP contribution is -2.06. The van der Waals surface area contributed by atoms with Crippen molar-refractivity contribution in [3.8, 4) is 0 Å². The molecule has 1 unspecified atom stereocenters. The summed E-state index contributed by atoms with van der Waals surface area (Å²) >= 11 is 0. The number of hydrogen-bond acceptors (Lipinski definition) is 0. The quantitative estimate of drug-likeness (QED) is 0.545. The summed E-state index contributed by atoms with van der Waals surface area (Å²) in [5.41, 5.74) is 5.24. The molecule has 0 fully saturated rings. The Labute approximate surface area is 150 Å². The molecule has 1 atom stereocenters. The summed E-state index contributed by atoms with van der Waals surface area (Å²) in [4.78, 5) is 0. The Balaban J connectivity index is 0.0000000943. The van der Waals surface area contributed by atoms with Crippen LogP contribution in [-0.2, 0) is 19.6 Å². The zero-order chi connectivity index (χ0) is 17.1. The topological polar surface area (TPSA) is 14.8 Å². The van der Waals surface area contributed by atoms with Gasteiger partial charge in [0.15, 0.2) is 0 Å². The number of aromatic nitrogens is 3. The van der Waals surface area contributed by atoms with E-state index in [1.165, 1.54) is 22.5 Å². The van der Waals surface area contributed by atoms with E-state index in [0.717, 1.165) is 19.6 Å². The van der Waals surface area contributed by atoms with Gasteiger partial charge in [0.2, 0.25) is 0 Å². The van der Waals surface area contributed by atoms with Gasteiger partial charge in [-0.2, -0.15) is 0 Å². The van der Waals surface area contributed by atoms with E-state index in [1.54, 1.807) is 0 Å². The standard InChI is InChI=1S/C7H8NP.2C7H7N/c9-7-4-3-6-2-1-5-8(6)7;2*1-3-7-4-2-6-8(7)5-1/h1-4H,5,9H2;2*1-5H,6H2. The van der Waals surface area contributed by atoms with Gasteiger partial charge in [0.05, 0.1) is 0 Å². The number of fused-ring (bicyclic) bond motifs is 3. The maximum atomic E-state index is 2.72. The van der Waals surface area contributed by atoms with E-state index < -0.39 is 0 Å². The lowest BCUT2D eigenvalue weighted by atomic mass is 10.4. The number of hydrogen-bond donors (Lipinski definition) is 0. The van der Waals surface area contributed by atoms with Crippen molar-refractivity contribution in [2.24, 2.45) is 0 Å². The number of nitrogens with zero attached hydrogens (tertiary/aromatic N) is 3. The Morgan fingerprint density at radius 3 is 1.76 bits per heavy atom. The van der Waals surface area contributed by atoms with E-state index in [4.69, 9.17) is 0 Å². The van der Waals surface area contributed by atoms with Crippen molar-refractivity contribution in [1.82, 2.24) is 13.7 Å². The molecule has 25 heavy (non-hydrogen) atoms. The predicted octanol–water partition coefficient (Wildman–Crippen LogP) is 4.05. The van der Waals surface area contributed by atoms with Gasteiger partial charge in [0.25, 0.3) is 0 Å². The molecule has 6 rings (SSSR count). The van der Waals surface area contributed by atoms with Crippen LogP contribution in [0.4, 0.5) is 0 Å². The lowest BCUT2D eigenvalue weighted by molar-refractivity contribution is 0.847. The van der Waals surface area contributed by atoms with Crippen molar-refractivity contribution in [3.63, 3.8) is 0 Å². The van der Waals surface area contributed by atoms with E-state index >= 15 is 0 Å². The molecule has 0 N–H and O–H groups in total. The Hall–Kier alpha value is -2.51. The highest BCUT2D eigenvalue weighted by molar-refractivity contribution is 7.27. The molecule has 0 amide bonds. The second kappa shape index (κ2) is 7.16. The molecule has 3 aromatic rings. The minimum Gasteiger partial charge on any atom is -0.344 e. The number of allylic oxidation sites excluding steroid dienone is 3. The van der Waals surface area contributed by atoms with E-state index in [0.29, 0.717) is 0 Å². The molecule has 0 spiro atoms. The molecule has 3 nitrogen and oxygen atoms in total.